The highest BCUT2D eigenvalue weighted by Crippen LogP contribution is 2.10. The summed E-state index contributed by atoms with van der Waals surface area (Å²) in [6.07, 6.45) is 14.4. The van der Waals surface area contributed by atoms with Gasteiger partial charge in [0.15, 0.2) is 0 Å². The summed E-state index contributed by atoms with van der Waals surface area (Å²) in [6, 6.07) is 0. The molecule has 0 saturated carbocycles. The normalized spacial score (nSPS) is 14.7. The van der Waals surface area contributed by atoms with Gasteiger partial charge in [-0.15, -0.1) is 0 Å². The molecule has 0 saturated heterocycles. The number of hydrogen-bond acceptors (Lipinski definition) is 3. The second-order valence-electron chi connectivity index (χ2n) is 4.71. The number of hydrogen-bond donors (Lipinski definition) is 0. The Morgan fingerprint density at radius 3 is 1.71 bits per heavy atom. The van der Waals surface area contributed by atoms with Gasteiger partial charge in [0.2, 0.25) is 0 Å². The second kappa shape index (κ2) is 11.4. The van der Waals surface area contributed by atoms with Crippen LogP contribution >= 0.6 is 0 Å². The third-order valence-corrected chi connectivity index (χ3v) is 3.68. The van der Waals surface area contributed by atoms with E-state index in [1.54, 1.807) is 0 Å². The maximum absolute atomic E-state index is 11.0. The molecule has 0 heterocycles. The first-order valence-corrected chi connectivity index (χ1v) is 9.72. The summed E-state index contributed by atoms with van der Waals surface area (Å²) in [4.78, 5) is 0. The topological polar surface area (TPSA) is 26.3 Å². The van der Waals surface area contributed by atoms with E-state index in [0.29, 0.717) is 6.61 Å². The molecule has 104 valence electrons. The van der Waals surface area contributed by atoms with Crippen LogP contribution in [0.4, 0.5) is 0 Å². The SMILES string of the molecule is CCCCCCCCCCCCOS(C)(=O)=S. The Hall–Kier alpha value is 0.330. The predicted molar refractivity (Wildman–Crippen MR) is 79.2 cm³/mol. The van der Waals surface area contributed by atoms with Crippen LogP contribution in [0.1, 0.15) is 71.1 Å². The third-order valence-electron chi connectivity index (χ3n) is 2.80. The van der Waals surface area contributed by atoms with Gasteiger partial charge in [0.25, 0.3) is 0 Å². The average molecular weight is 280 g/mol. The van der Waals surface area contributed by atoms with Gasteiger partial charge >= 0.3 is 0 Å². The predicted octanol–water partition coefficient (Wildman–Crippen LogP) is 4.22. The Balaban J connectivity index is 3.04. The minimum Gasteiger partial charge on any atom is -0.290 e. The zero-order valence-corrected chi connectivity index (χ0v) is 13.0. The molecule has 0 fully saturated rings. The van der Waals surface area contributed by atoms with Crippen LogP contribution in [0.25, 0.3) is 0 Å². The molecule has 0 aromatic rings. The number of rotatable bonds is 12. The molecule has 1 atom stereocenters. The fraction of sp³-hybridized carbons (Fsp3) is 1.00. The highest BCUT2D eigenvalue weighted by atomic mass is 32.8. The molecule has 0 spiro atoms. The lowest BCUT2D eigenvalue weighted by molar-refractivity contribution is 0.333. The summed E-state index contributed by atoms with van der Waals surface area (Å²) in [5, 5.41) is 0. The second-order valence-corrected chi connectivity index (χ2v) is 8.17. The van der Waals surface area contributed by atoms with Gasteiger partial charge in [-0.2, -0.15) is 0 Å². The lowest BCUT2D eigenvalue weighted by atomic mass is 10.1. The highest BCUT2D eigenvalue weighted by molar-refractivity contribution is 8.29. The van der Waals surface area contributed by atoms with Gasteiger partial charge in [-0.05, 0) is 6.42 Å². The van der Waals surface area contributed by atoms with Crippen molar-refractivity contribution in [1.82, 2.24) is 0 Å². The summed E-state index contributed by atoms with van der Waals surface area (Å²) in [6.45, 7) is 2.80. The van der Waals surface area contributed by atoms with Crippen molar-refractivity contribution in [2.24, 2.45) is 0 Å². The summed E-state index contributed by atoms with van der Waals surface area (Å²) < 4.78 is 16.1. The molecule has 0 rings (SSSR count). The average Bonchev–Trinajstić information content (AvgIpc) is 2.24. The summed E-state index contributed by atoms with van der Waals surface area (Å²) in [5.74, 6) is 0. The van der Waals surface area contributed by atoms with Crippen LogP contribution in [0.2, 0.25) is 0 Å². The molecular weight excluding hydrogens is 252 g/mol. The van der Waals surface area contributed by atoms with Gasteiger partial charge in [-0.1, -0.05) is 64.7 Å². The molecule has 0 aliphatic heterocycles. The van der Waals surface area contributed by atoms with E-state index in [-0.39, 0.29) is 0 Å². The van der Waals surface area contributed by atoms with Gasteiger partial charge in [0.1, 0.15) is 8.77 Å². The van der Waals surface area contributed by atoms with Crippen LogP contribution in [-0.4, -0.2) is 17.1 Å². The molecular formula is C13H28O2S2. The molecule has 1 unspecified atom stereocenters. The van der Waals surface area contributed by atoms with E-state index in [9.17, 15) is 4.21 Å². The molecule has 0 amide bonds. The van der Waals surface area contributed by atoms with E-state index >= 15 is 0 Å². The van der Waals surface area contributed by atoms with Crippen LogP contribution in [0, 0.1) is 0 Å². The first-order valence-electron chi connectivity index (χ1n) is 6.90. The van der Waals surface area contributed by atoms with Gasteiger partial charge < -0.3 is 0 Å². The largest absolute Gasteiger partial charge is 0.290 e. The maximum Gasteiger partial charge on any atom is 0.141 e. The standard InChI is InChI=1S/C13H28O2S2/c1-3-4-5-6-7-8-9-10-11-12-13-15-17(2,14)16/h3-13H2,1-2H3. The molecule has 0 bridgehead atoms. The van der Waals surface area contributed by atoms with E-state index in [1.165, 1.54) is 64.0 Å². The first-order chi connectivity index (χ1) is 8.06. The third kappa shape index (κ3) is 16.3. The highest BCUT2D eigenvalue weighted by Gasteiger charge is 1.97. The molecule has 0 aliphatic carbocycles. The fourth-order valence-corrected chi connectivity index (χ4v) is 2.42. The zero-order chi connectivity index (χ0) is 13.0. The van der Waals surface area contributed by atoms with Crippen LogP contribution < -0.4 is 0 Å². The minimum absolute atomic E-state index is 0.551. The quantitative estimate of drug-likeness (QED) is 0.501. The fourth-order valence-electron chi connectivity index (χ4n) is 1.80. The van der Waals surface area contributed by atoms with Crippen molar-refractivity contribution in [1.29, 1.82) is 0 Å². The van der Waals surface area contributed by atoms with Crippen molar-refractivity contribution in [3.63, 3.8) is 0 Å². The van der Waals surface area contributed by atoms with E-state index in [4.69, 9.17) is 4.18 Å². The lowest BCUT2D eigenvalue weighted by Crippen LogP contribution is -2.02. The van der Waals surface area contributed by atoms with E-state index < -0.39 is 8.77 Å². The Labute approximate surface area is 112 Å². The van der Waals surface area contributed by atoms with Crippen LogP contribution in [-0.2, 0) is 24.1 Å². The van der Waals surface area contributed by atoms with Crippen molar-refractivity contribution in [3.8, 4) is 0 Å². The van der Waals surface area contributed by atoms with Crippen LogP contribution in [0.5, 0.6) is 0 Å². The Bertz CT molecular complexity index is 248. The first kappa shape index (κ1) is 17.3. The molecule has 0 N–H and O–H groups in total. The maximum atomic E-state index is 11.0. The van der Waals surface area contributed by atoms with Crippen molar-refractivity contribution in [2.75, 3.05) is 12.9 Å². The molecule has 0 aromatic carbocycles. The molecule has 0 aliphatic rings. The van der Waals surface area contributed by atoms with Crippen LogP contribution in [0.3, 0.4) is 0 Å². The molecule has 2 nitrogen and oxygen atoms in total. The van der Waals surface area contributed by atoms with E-state index in [1.807, 2.05) is 0 Å². The molecule has 0 aromatic heterocycles. The summed E-state index contributed by atoms with van der Waals surface area (Å²) in [5.41, 5.74) is 0. The van der Waals surface area contributed by atoms with Gasteiger partial charge in [0, 0.05) is 17.4 Å². The van der Waals surface area contributed by atoms with E-state index in [2.05, 4.69) is 18.1 Å². The van der Waals surface area contributed by atoms with Crippen molar-refractivity contribution >= 4 is 20.0 Å². The van der Waals surface area contributed by atoms with Crippen molar-refractivity contribution in [3.05, 3.63) is 0 Å². The Morgan fingerprint density at radius 1 is 0.882 bits per heavy atom. The minimum atomic E-state index is -2.40. The Morgan fingerprint density at radius 2 is 1.29 bits per heavy atom. The smallest absolute Gasteiger partial charge is 0.141 e. The summed E-state index contributed by atoms with van der Waals surface area (Å²) in [7, 11) is -2.40. The van der Waals surface area contributed by atoms with Crippen molar-refractivity contribution in [2.45, 2.75) is 71.1 Å². The monoisotopic (exact) mass is 280 g/mol. The van der Waals surface area contributed by atoms with E-state index in [0.717, 1.165) is 6.42 Å². The van der Waals surface area contributed by atoms with Gasteiger partial charge in [-0.3, -0.25) is 4.18 Å². The van der Waals surface area contributed by atoms with Crippen molar-refractivity contribution < 1.29 is 8.39 Å². The zero-order valence-electron chi connectivity index (χ0n) is 11.4. The van der Waals surface area contributed by atoms with Gasteiger partial charge in [0.05, 0.1) is 6.61 Å². The van der Waals surface area contributed by atoms with Gasteiger partial charge in [-0.25, -0.2) is 4.21 Å². The lowest BCUT2D eigenvalue weighted by Gasteiger charge is -2.03. The Kier molecular flexibility index (Phi) is 11.6. The molecule has 4 heteroatoms. The summed E-state index contributed by atoms with van der Waals surface area (Å²) >= 11 is 4.66. The molecule has 17 heavy (non-hydrogen) atoms. The number of unbranched alkanes of at least 4 members (excludes halogenated alkanes) is 9. The molecule has 0 radical (unpaired) electrons. The van der Waals surface area contributed by atoms with Crippen LogP contribution in [0.15, 0.2) is 0 Å².